The largest absolute Gasteiger partial charge is 0.487 e. The van der Waals surface area contributed by atoms with Crippen LogP contribution in [0, 0.1) is 5.82 Å². The van der Waals surface area contributed by atoms with Crippen molar-refractivity contribution in [2.75, 3.05) is 0 Å². The highest BCUT2D eigenvalue weighted by Crippen LogP contribution is 2.46. The Bertz CT molecular complexity index is 798. The van der Waals surface area contributed by atoms with Crippen LogP contribution < -0.4 is 10.1 Å². The van der Waals surface area contributed by atoms with Gasteiger partial charge in [-0.05, 0) is 43.4 Å². The second-order valence-electron chi connectivity index (χ2n) is 7.48. The van der Waals surface area contributed by atoms with E-state index < -0.39 is 0 Å². The first-order valence-electron chi connectivity index (χ1n) is 9.46. The lowest BCUT2D eigenvalue weighted by Crippen LogP contribution is -2.46. The molecular weight excluding hydrogens is 329 g/mol. The molecule has 0 radical (unpaired) electrons. The van der Waals surface area contributed by atoms with Gasteiger partial charge in [0.05, 0.1) is 12.5 Å². The van der Waals surface area contributed by atoms with Crippen molar-refractivity contribution in [3.63, 3.8) is 0 Å². The number of carbonyl (C=O) groups is 1. The number of ether oxygens (including phenoxy) is 1. The molecule has 3 nitrogen and oxygen atoms in total. The number of hydrogen-bond donors (Lipinski definition) is 1. The number of halogens is 1. The summed E-state index contributed by atoms with van der Waals surface area (Å²) in [4.78, 5) is 12.6. The zero-order chi connectivity index (χ0) is 18.0. The molecule has 1 N–H and O–H groups in total. The molecule has 136 valence electrons. The molecule has 1 fully saturated rings. The number of nitrogens with one attached hydrogen (secondary N) is 1. The molecule has 1 saturated carbocycles. The maximum Gasteiger partial charge on any atom is 0.225 e. The summed E-state index contributed by atoms with van der Waals surface area (Å²) in [5.41, 5.74) is 1.27. The lowest BCUT2D eigenvalue weighted by Gasteiger charge is -2.44. The van der Waals surface area contributed by atoms with Gasteiger partial charge >= 0.3 is 0 Å². The summed E-state index contributed by atoms with van der Waals surface area (Å²) >= 11 is 0. The van der Waals surface area contributed by atoms with Crippen LogP contribution in [-0.2, 0) is 11.2 Å². The summed E-state index contributed by atoms with van der Waals surface area (Å²) in [7, 11) is 0. The molecule has 1 atom stereocenters. The fourth-order valence-corrected chi connectivity index (χ4v) is 4.31. The van der Waals surface area contributed by atoms with Gasteiger partial charge in [0, 0.05) is 12.0 Å². The average Bonchev–Trinajstić information content (AvgIpc) is 2.64. The van der Waals surface area contributed by atoms with Crippen LogP contribution in [-0.4, -0.2) is 11.5 Å². The first-order chi connectivity index (χ1) is 12.7. The van der Waals surface area contributed by atoms with Gasteiger partial charge in [-0.2, -0.15) is 0 Å². The monoisotopic (exact) mass is 353 g/mol. The molecule has 1 aliphatic carbocycles. The molecule has 4 rings (SSSR count). The molecule has 4 heteroatoms. The van der Waals surface area contributed by atoms with Gasteiger partial charge in [0.2, 0.25) is 5.91 Å². The number of fused-ring (bicyclic) bond motifs is 1. The first kappa shape index (κ1) is 17.1. The van der Waals surface area contributed by atoms with E-state index in [1.165, 1.54) is 12.5 Å². The van der Waals surface area contributed by atoms with Crippen molar-refractivity contribution in [3.05, 3.63) is 65.5 Å². The van der Waals surface area contributed by atoms with Crippen LogP contribution in [0.15, 0.2) is 48.5 Å². The number of hydrogen-bond acceptors (Lipinski definition) is 2. The lowest BCUT2D eigenvalue weighted by atomic mass is 9.77. The number of para-hydroxylation sites is 1. The highest BCUT2D eigenvalue weighted by molar-refractivity contribution is 5.79. The van der Waals surface area contributed by atoms with Crippen LogP contribution in [0.25, 0.3) is 0 Å². The predicted octanol–water partition coefficient (Wildman–Crippen LogP) is 4.71. The van der Waals surface area contributed by atoms with Gasteiger partial charge in [0.25, 0.3) is 0 Å². The van der Waals surface area contributed by atoms with Gasteiger partial charge in [-0.1, -0.05) is 42.8 Å². The van der Waals surface area contributed by atoms with Gasteiger partial charge < -0.3 is 10.1 Å². The smallest absolute Gasteiger partial charge is 0.225 e. The van der Waals surface area contributed by atoms with Crippen molar-refractivity contribution >= 4 is 5.91 Å². The molecule has 0 bridgehead atoms. The fourth-order valence-electron chi connectivity index (χ4n) is 4.31. The Labute approximate surface area is 153 Å². The quantitative estimate of drug-likeness (QED) is 0.868. The summed E-state index contributed by atoms with van der Waals surface area (Å²) < 4.78 is 20.3. The van der Waals surface area contributed by atoms with E-state index in [0.29, 0.717) is 5.56 Å². The summed E-state index contributed by atoms with van der Waals surface area (Å²) in [5, 5.41) is 3.14. The van der Waals surface area contributed by atoms with Gasteiger partial charge in [0.1, 0.15) is 17.2 Å². The standard InChI is InChI=1S/C22H24FNO2/c23-18-10-4-2-8-16(18)14-21(25)24-19-15-22(12-6-1-7-13-22)26-20-11-5-3-9-17(19)20/h2-5,8-11,19H,1,6-7,12-15H2,(H,24,25)/t19-/m0/s1. The third-order valence-electron chi connectivity index (χ3n) is 5.61. The van der Waals surface area contributed by atoms with Crippen molar-refractivity contribution in [1.29, 1.82) is 0 Å². The molecule has 26 heavy (non-hydrogen) atoms. The molecule has 1 spiro atoms. The van der Waals surface area contributed by atoms with Crippen LogP contribution in [0.3, 0.4) is 0 Å². The van der Waals surface area contributed by atoms with E-state index in [0.717, 1.165) is 43.4 Å². The third-order valence-corrected chi connectivity index (χ3v) is 5.61. The fraction of sp³-hybridized carbons (Fsp3) is 0.409. The van der Waals surface area contributed by atoms with Crippen LogP contribution in [0.2, 0.25) is 0 Å². The summed E-state index contributed by atoms with van der Waals surface area (Å²) in [6.07, 6.45) is 6.47. The SMILES string of the molecule is O=C(Cc1ccccc1F)N[C@H]1CC2(CCCCC2)Oc2ccccc21. The van der Waals surface area contributed by atoms with E-state index >= 15 is 0 Å². The predicted molar refractivity (Wildman–Crippen MR) is 98.5 cm³/mol. The summed E-state index contributed by atoms with van der Waals surface area (Å²) in [6.45, 7) is 0. The van der Waals surface area contributed by atoms with Gasteiger partial charge in [-0.3, -0.25) is 4.79 Å². The molecule has 1 amide bonds. The minimum absolute atomic E-state index is 0.0548. The second kappa shape index (κ2) is 7.10. The Hall–Kier alpha value is -2.36. The van der Waals surface area contributed by atoms with E-state index in [4.69, 9.17) is 4.74 Å². The highest BCUT2D eigenvalue weighted by Gasteiger charge is 2.42. The Kier molecular flexibility index (Phi) is 4.66. The molecule has 2 aromatic rings. The van der Waals surface area contributed by atoms with E-state index in [9.17, 15) is 9.18 Å². The van der Waals surface area contributed by atoms with E-state index in [2.05, 4.69) is 5.32 Å². The number of carbonyl (C=O) groups excluding carboxylic acids is 1. The van der Waals surface area contributed by atoms with E-state index in [1.807, 2.05) is 24.3 Å². The van der Waals surface area contributed by atoms with Gasteiger partial charge in [-0.25, -0.2) is 4.39 Å². The van der Waals surface area contributed by atoms with E-state index in [1.54, 1.807) is 18.2 Å². The Morgan fingerprint density at radius 2 is 1.81 bits per heavy atom. The maximum atomic E-state index is 13.9. The Balaban J connectivity index is 1.54. The number of amides is 1. The lowest BCUT2D eigenvalue weighted by molar-refractivity contribution is -0.122. The highest BCUT2D eigenvalue weighted by atomic mass is 19.1. The normalized spacial score (nSPS) is 20.9. The molecule has 1 aliphatic heterocycles. The van der Waals surface area contributed by atoms with Crippen molar-refractivity contribution in [3.8, 4) is 5.75 Å². The van der Waals surface area contributed by atoms with Crippen LogP contribution >= 0.6 is 0 Å². The molecule has 0 unspecified atom stereocenters. The molecule has 0 saturated heterocycles. The topological polar surface area (TPSA) is 38.3 Å². The third kappa shape index (κ3) is 3.46. The zero-order valence-electron chi connectivity index (χ0n) is 14.8. The molecular formula is C22H24FNO2. The van der Waals surface area contributed by atoms with E-state index in [-0.39, 0.29) is 29.8 Å². The van der Waals surface area contributed by atoms with Crippen LogP contribution in [0.4, 0.5) is 4.39 Å². The van der Waals surface area contributed by atoms with Gasteiger partial charge in [-0.15, -0.1) is 0 Å². The minimum atomic E-state index is -0.334. The van der Waals surface area contributed by atoms with Crippen molar-refractivity contribution in [2.24, 2.45) is 0 Å². The van der Waals surface area contributed by atoms with Crippen molar-refractivity contribution < 1.29 is 13.9 Å². The van der Waals surface area contributed by atoms with Crippen LogP contribution in [0.5, 0.6) is 5.75 Å². The molecule has 2 aromatic carbocycles. The molecule has 2 aliphatic rings. The minimum Gasteiger partial charge on any atom is -0.487 e. The Morgan fingerprint density at radius 1 is 1.08 bits per heavy atom. The Morgan fingerprint density at radius 3 is 2.62 bits per heavy atom. The number of benzene rings is 2. The van der Waals surface area contributed by atoms with Crippen molar-refractivity contribution in [1.82, 2.24) is 5.32 Å². The first-order valence-corrected chi connectivity index (χ1v) is 9.46. The second-order valence-corrected chi connectivity index (χ2v) is 7.48. The summed E-state index contributed by atoms with van der Waals surface area (Å²) in [5.74, 6) is 0.387. The average molecular weight is 353 g/mol. The summed E-state index contributed by atoms with van der Waals surface area (Å²) in [6, 6.07) is 14.3. The molecule has 1 heterocycles. The molecule has 0 aromatic heterocycles. The number of rotatable bonds is 3. The maximum absolute atomic E-state index is 13.9. The van der Waals surface area contributed by atoms with Crippen molar-refractivity contribution in [2.45, 2.75) is 56.6 Å². The zero-order valence-corrected chi connectivity index (χ0v) is 14.8. The van der Waals surface area contributed by atoms with Gasteiger partial charge in [0.15, 0.2) is 0 Å². The van der Waals surface area contributed by atoms with Crippen LogP contribution in [0.1, 0.15) is 55.7 Å².